The second-order valence-electron chi connectivity index (χ2n) is 5.26. The van der Waals surface area contributed by atoms with Gasteiger partial charge in [-0.3, -0.25) is 4.79 Å². The van der Waals surface area contributed by atoms with Crippen LogP contribution in [0.5, 0.6) is 0 Å². The second-order valence-corrected chi connectivity index (χ2v) is 5.26. The molecular formula is C15H19F3N2O. The molecule has 2 atom stereocenters. The molecule has 0 aliphatic carbocycles. The molecule has 3 nitrogen and oxygen atoms in total. The first kappa shape index (κ1) is 15.8. The van der Waals surface area contributed by atoms with Crippen LogP contribution in [0.15, 0.2) is 12.1 Å². The molecule has 1 heterocycles. The number of hydrogen-bond donors (Lipinski definition) is 1. The standard InChI is InChI=1S/C15H19F3N2O/c1-3-9-8-20(10(4-2)7-19-9)15(21)11-5-6-12(16)14(18)13(11)17/h5-6,9-10,19H,3-4,7-8H2,1-2H3. The SMILES string of the molecule is CCC1CN(C(=O)c2ccc(F)c(F)c2F)C(CC)CN1. The van der Waals surface area contributed by atoms with E-state index in [2.05, 4.69) is 5.32 Å². The van der Waals surface area contributed by atoms with Crippen molar-refractivity contribution in [2.75, 3.05) is 13.1 Å². The van der Waals surface area contributed by atoms with Crippen molar-refractivity contribution in [2.24, 2.45) is 0 Å². The van der Waals surface area contributed by atoms with E-state index < -0.39 is 28.9 Å². The van der Waals surface area contributed by atoms with E-state index in [0.29, 0.717) is 19.5 Å². The Morgan fingerprint density at radius 3 is 2.57 bits per heavy atom. The third-order valence-corrected chi connectivity index (χ3v) is 3.99. The molecule has 0 saturated carbocycles. The molecule has 0 spiro atoms. The van der Waals surface area contributed by atoms with E-state index in [4.69, 9.17) is 0 Å². The van der Waals surface area contributed by atoms with E-state index in [1.807, 2.05) is 13.8 Å². The molecule has 1 aliphatic heterocycles. The highest BCUT2D eigenvalue weighted by molar-refractivity contribution is 5.94. The maximum Gasteiger partial charge on any atom is 0.257 e. The van der Waals surface area contributed by atoms with Gasteiger partial charge < -0.3 is 10.2 Å². The average molecular weight is 300 g/mol. The smallest absolute Gasteiger partial charge is 0.257 e. The fraction of sp³-hybridized carbons (Fsp3) is 0.533. The van der Waals surface area contributed by atoms with Crippen molar-refractivity contribution in [1.29, 1.82) is 0 Å². The van der Waals surface area contributed by atoms with Crippen molar-refractivity contribution >= 4 is 5.91 Å². The molecule has 1 fully saturated rings. The lowest BCUT2D eigenvalue weighted by atomic mass is 10.0. The third-order valence-electron chi connectivity index (χ3n) is 3.99. The average Bonchev–Trinajstić information content (AvgIpc) is 2.51. The minimum absolute atomic E-state index is 0.0761. The summed E-state index contributed by atoms with van der Waals surface area (Å²) in [5.74, 6) is -4.89. The lowest BCUT2D eigenvalue weighted by Gasteiger charge is -2.40. The number of rotatable bonds is 3. The van der Waals surface area contributed by atoms with Crippen LogP contribution in [0.3, 0.4) is 0 Å². The predicted octanol–water partition coefficient (Wildman–Crippen LogP) is 2.71. The van der Waals surface area contributed by atoms with Gasteiger partial charge in [0.15, 0.2) is 17.5 Å². The van der Waals surface area contributed by atoms with Crippen LogP contribution in [0, 0.1) is 17.5 Å². The van der Waals surface area contributed by atoms with Crippen molar-refractivity contribution in [3.8, 4) is 0 Å². The highest BCUT2D eigenvalue weighted by atomic mass is 19.2. The number of piperazine rings is 1. The minimum Gasteiger partial charge on any atom is -0.333 e. The Hall–Kier alpha value is -1.56. The van der Waals surface area contributed by atoms with E-state index in [1.165, 1.54) is 0 Å². The molecule has 1 saturated heterocycles. The summed E-state index contributed by atoms with van der Waals surface area (Å²) in [7, 11) is 0. The predicted molar refractivity (Wildman–Crippen MR) is 73.5 cm³/mol. The van der Waals surface area contributed by atoms with E-state index in [9.17, 15) is 18.0 Å². The molecular weight excluding hydrogens is 281 g/mol. The number of nitrogens with zero attached hydrogens (tertiary/aromatic N) is 1. The van der Waals surface area contributed by atoms with Crippen molar-refractivity contribution in [1.82, 2.24) is 10.2 Å². The normalized spacial score (nSPS) is 22.4. The van der Waals surface area contributed by atoms with Gasteiger partial charge in [-0.1, -0.05) is 13.8 Å². The molecule has 1 aromatic rings. The molecule has 2 unspecified atom stereocenters. The molecule has 0 aromatic heterocycles. The molecule has 1 aliphatic rings. The minimum atomic E-state index is -1.60. The fourth-order valence-electron chi connectivity index (χ4n) is 2.60. The number of benzene rings is 1. The third kappa shape index (κ3) is 3.05. The van der Waals surface area contributed by atoms with Crippen LogP contribution in [0.4, 0.5) is 13.2 Å². The van der Waals surface area contributed by atoms with E-state index in [-0.39, 0.29) is 12.1 Å². The van der Waals surface area contributed by atoms with Gasteiger partial charge in [-0.25, -0.2) is 13.2 Å². The van der Waals surface area contributed by atoms with Crippen molar-refractivity contribution < 1.29 is 18.0 Å². The summed E-state index contributed by atoms with van der Waals surface area (Å²) in [6.45, 7) is 4.98. The summed E-state index contributed by atoms with van der Waals surface area (Å²) in [5.41, 5.74) is -0.413. The molecule has 116 valence electrons. The Kier molecular flexibility index (Phi) is 4.88. The van der Waals surface area contributed by atoms with Crippen molar-refractivity contribution in [3.05, 3.63) is 35.1 Å². The highest BCUT2D eigenvalue weighted by Crippen LogP contribution is 2.20. The molecule has 1 amide bonds. The molecule has 0 bridgehead atoms. The first-order valence-corrected chi connectivity index (χ1v) is 7.17. The summed E-state index contributed by atoms with van der Waals surface area (Å²) in [6, 6.07) is 1.84. The van der Waals surface area contributed by atoms with Gasteiger partial charge in [-0.15, -0.1) is 0 Å². The molecule has 6 heteroatoms. The summed E-state index contributed by atoms with van der Waals surface area (Å²) >= 11 is 0. The Morgan fingerprint density at radius 2 is 1.95 bits per heavy atom. The number of amides is 1. The van der Waals surface area contributed by atoms with Gasteiger partial charge in [-0.2, -0.15) is 0 Å². The summed E-state index contributed by atoms with van der Waals surface area (Å²) in [4.78, 5) is 14.0. The van der Waals surface area contributed by atoms with Gasteiger partial charge in [-0.05, 0) is 25.0 Å². The topological polar surface area (TPSA) is 32.3 Å². The molecule has 21 heavy (non-hydrogen) atoms. The maximum atomic E-state index is 13.8. The fourth-order valence-corrected chi connectivity index (χ4v) is 2.60. The zero-order chi connectivity index (χ0) is 15.6. The largest absolute Gasteiger partial charge is 0.333 e. The Labute approximate surface area is 122 Å². The van der Waals surface area contributed by atoms with Crippen LogP contribution < -0.4 is 5.32 Å². The van der Waals surface area contributed by atoms with Gasteiger partial charge in [0.2, 0.25) is 0 Å². The van der Waals surface area contributed by atoms with Gasteiger partial charge >= 0.3 is 0 Å². The Bertz CT molecular complexity index is 536. The number of halogens is 3. The summed E-state index contributed by atoms with van der Waals surface area (Å²) < 4.78 is 40.1. The van der Waals surface area contributed by atoms with Crippen LogP contribution in [0.25, 0.3) is 0 Å². The molecule has 2 rings (SSSR count). The van der Waals surface area contributed by atoms with Gasteiger partial charge in [0.05, 0.1) is 5.56 Å². The van der Waals surface area contributed by atoms with Gasteiger partial charge in [0.25, 0.3) is 5.91 Å². The van der Waals surface area contributed by atoms with Crippen LogP contribution in [0.1, 0.15) is 37.0 Å². The van der Waals surface area contributed by atoms with Gasteiger partial charge in [0, 0.05) is 25.2 Å². The van der Waals surface area contributed by atoms with Crippen LogP contribution in [-0.4, -0.2) is 36.0 Å². The quantitative estimate of drug-likeness (QED) is 0.871. The monoisotopic (exact) mass is 300 g/mol. The van der Waals surface area contributed by atoms with Crippen molar-refractivity contribution in [3.63, 3.8) is 0 Å². The van der Waals surface area contributed by atoms with Crippen LogP contribution >= 0.6 is 0 Å². The molecule has 1 N–H and O–H groups in total. The van der Waals surface area contributed by atoms with Crippen LogP contribution in [0.2, 0.25) is 0 Å². The molecule has 1 aromatic carbocycles. The first-order valence-electron chi connectivity index (χ1n) is 7.17. The summed E-state index contributed by atoms with van der Waals surface area (Å²) in [6.07, 6.45) is 1.54. The summed E-state index contributed by atoms with van der Waals surface area (Å²) in [5, 5.41) is 3.32. The number of carbonyl (C=O) groups excluding carboxylic acids is 1. The highest BCUT2D eigenvalue weighted by Gasteiger charge is 2.32. The van der Waals surface area contributed by atoms with Crippen LogP contribution in [-0.2, 0) is 0 Å². The van der Waals surface area contributed by atoms with E-state index >= 15 is 0 Å². The van der Waals surface area contributed by atoms with E-state index in [1.54, 1.807) is 4.90 Å². The second kappa shape index (κ2) is 6.47. The number of carbonyl (C=O) groups is 1. The lowest BCUT2D eigenvalue weighted by molar-refractivity contribution is 0.0570. The number of nitrogens with one attached hydrogen (secondary N) is 1. The maximum absolute atomic E-state index is 13.8. The zero-order valence-electron chi connectivity index (χ0n) is 12.1. The molecule has 0 radical (unpaired) electrons. The Balaban J connectivity index is 2.30. The van der Waals surface area contributed by atoms with Gasteiger partial charge in [0.1, 0.15) is 0 Å². The first-order chi connectivity index (χ1) is 9.99. The lowest BCUT2D eigenvalue weighted by Crippen LogP contribution is -2.58. The van der Waals surface area contributed by atoms with E-state index in [0.717, 1.165) is 18.6 Å². The zero-order valence-corrected chi connectivity index (χ0v) is 12.1. The van der Waals surface area contributed by atoms with Crippen molar-refractivity contribution in [2.45, 2.75) is 38.8 Å². The Morgan fingerprint density at radius 1 is 1.24 bits per heavy atom. The number of hydrogen-bond acceptors (Lipinski definition) is 2.